The Morgan fingerprint density at radius 3 is 2.37 bits per heavy atom. The van der Waals surface area contributed by atoms with E-state index in [4.69, 9.17) is 20.4 Å². The molecule has 2 saturated heterocycles. The van der Waals surface area contributed by atoms with Crippen molar-refractivity contribution in [1.82, 2.24) is 14.9 Å². The van der Waals surface area contributed by atoms with Gasteiger partial charge in [0.25, 0.3) is 0 Å². The van der Waals surface area contributed by atoms with E-state index < -0.39 is 35.1 Å². The summed E-state index contributed by atoms with van der Waals surface area (Å²) in [7, 11) is 0. The number of carbonyl (C=O) groups excluding carboxylic acids is 1. The monoisotopic (exact) mass is 577 g/mol. The molecule has 2 aromatic rings. The standard InChI is InChI=1S/C27H34F3N7O4/c1-15(16-5-7-36(8-6-16)24(31)35-39)40-17-11-32-25(33-12-17)37-13-19(18-9-21(29)22(30)10-20(18)28)23(14-37)34-26(38)41-27(2,3)4/h9-12,15-16,19,39H,5-8,13-14H2,1-4H3,(H2,31,35)/b34-23+/t15-,19+/m0/s1. The Hall–Kier alpha value is -4.10. The zero-order valence-corrected chi connectivity index (χ0v) is 23.4. The second-order valence-electron chi connectivity index (χ2n) is 11.1. The normalized spacial score (nSPS) is 20.4. The van der Waals surface area contributed by atoms with Gasteiger partial charge in [-0.05, 0) is 52.5 Å². The van der Waals surface area contributed by atoms with Crippen LogP contribution in [0, 0.1) is 23.4 Å². The smallest absolute Gasteiger partial charge is 0.434 e. The number of aliphatic imine (C=N–C) groups is 1. The van der Waals surface area contributed by atoms with Crippen LogP contribution in [0.3, 0.4) is 0 Å². The summed E-state index contributed by atoms with van der Waals surface area (Å²) < 4.78 is 53.7. The van der Waals surface area contributed by atoms with Crippen LogP contribution >= 0.6 is 0 Å². The molecule has 2 aliphatic heterocycles. The van der Waals surface area contributed by atoms with E-state index in [-0.39, 0.29) is 48.3 Å². The molecule has 11 nitrogen and oxygen atoms in total. The number of hydrogen-bond acceptors (Lipinski definition) is 8. The third-order valence-electron chi connectivity index (χ3n) is 7.05. The first kappa shape index (κ1) is 29.9. The number of amides is 1. The van der Waals surface area contributed by atoms with Crippen LogP contribution in [-0.4, -0.2) is 75.7 Å². The first-order chi connectivity index (χ1) is 19.3. The van der Waals surface area contributed by atoms with Crippen molar-refractivity contribution in [3.63, 3.8) is 0 Å². The van der Waals surface area contributed by atoms with Gasteiger partial charge in [0, 0.05) is 37.2 Å². The van der Waals surface area contributed by atoms with Crippen LogP contribution in [0.15, 0.2) is 34.7 Å². The molecule has 14 heteroatoms. The Morgan fingerprint density at radius 1 is 1.12 bits per heavy atom. The molecule has 0 unspecified atom stereocenters. The van der Waals surface area contributed by atoms with E-state index in [1.165, 1.54) is 12.4 Å². The summed E-state index contributed by atoms with van der Waals surface area (Å²) in [6, 6.07) is 1.25. The molecule has 1 amide bonds. The minimum atomic E-state index is -1.31. The number of nitrogens with two attached hydrogens (primary N) is 1. The van der Waals surface area contributed by atoms with Gasteiger partial charge in [0.15, 0.2) is 17.4 Å². The molecule has 0 saturated carbocycles. The maximum absolute atomic E-state index is 14.7. The third-order valence-corrected chi connectivity index (χ3v) is 7.05. The molecule has 0 aliphatic carbocycles. The summed E-state index contributed by atoms with van der Waals surface area (Å²) in [6.07, 6.45) is 3.61. The average Bonchev–Trinajstić information content (AvgIpc) is 3.32. The molecule has 3 heterocycles. The highest BCUT2D eigenvalue weighted by Gasteiger charge is 2.35. The van der Waals surface area contributed by atoms with Crippen LogP contribution in [0.1, 0.15) is 52.0 Å². The van der Waals surface area contributed by atoms with E-state index in [9.17, 15) is 18.0 Å². The number of nitrogens with zero attached hydrogens (tertiary/aromatic N) is 6. The number of carbonyl (C=O) groups is 1. The Bertz CT molecular complexity index is 1310. The lowest BCUT2D eigenvalue weighted by Crippen LogP contribution is -2.45. The van der Waals surface area contributed by atoms with E-state index in [0.29, 0.717) is 24.9 Å². The zero-order chi connectivity index (χ0) is 29.9. The summed E-state index contributed by atoms with van der Waals surface area (Å²) in [5, 5.41) is 11.9. The van der Waals surface area contributed by atoms with Crippen LogP contribution < -0.4 is 15.4 Å². The fourth-order valence-corrected chi connectivity index (χ4v) is 4.95. The highest BCUT2D eigenvalue weighted by Crippen LogP contribution is 2.32. The number of likely N-dealkylation sites (tertiary alicyclic amines) is 1. The second kappa shape index (κ2) is 12.2. The van der Waals surface area contributed by atoms with Crippen molar-refractivity contribution in [3.05, 3.63) is 47.5 Å². The number of rotatable bonds is 5. The number of halogens is 3. The Balaban J connectivity index is 1.48. The van der Waals surface area contributed by atoms with Crippen LogP contribution in [0.2, 0.25) is 0 Å². The lowest BCUT2D eigenvalue weighted by molar-refractivity contribution is 0.0603. The molecule has 0 spiro atoms. The lowest BCUT2D eigenvalue weighted by Gasteiger charge is -2.34. The van der Waals surface area contributed by atoms with Crippen LogP contribution in [0.5, 0.6) is 5.75 Å². The van der Waals surface area contributed by atoms with Gasteiger partial charge in [-0.2, -0.15) is 4.99 Å². The SMILES string of the molecule is C[C@H](Oc1cnc(N2C/C(=N\C(=O)OC(C)(C)C)[C@@H](c3cc(F)c(F)cc3F)C2)nc1)C1CCN(/C(N)=N/O)CC1. The Kier molecular flexibility index (Phi) is 8.88. The molecule has 222 valence electrons. The zero-order valence-electron chi connectivity index (χ0n) is 23.4. The number of piperidine rings is 1. The molecule has 2 atom stereocenters. The van der Waals surface area contributed by atoms with E-state index in [2.05, 4.69) is 20.1 Å². The predicted octanol–water partition coefficient (Wildman–Crippen LogP) is 4.06. The van der Waals surface area contributed by atoms with Gasteiger partial charge >= 0.3 is 6.09 Å². The number of benzene rings is 1. The van der Waals surface area contributed by atoms with Gasteiger partial charge in [-0.1, -0.05) is 5.16 Å². The second-order valence-corrected chi connectivity index (χ2v) is 11.1. The van der Waals surface area contributed by atoms with Gasteiger partial charge in [-0.25, -0.2) is 27.9 Å². The van der Waals surface area contributed by atoms with E-state index in [1.54, 1.807) is 30.6 Å². The fourth-order valence-electron chi connectivity index (χ4n) is 4.95. The van der Waals surface area contributed by atoms with Crippen molar-refractivity contribution in [2.24, 2.45) is 21.8 Å². The molecule has 3 N–H and O–H groups in total. The summed E-state index contributed by atoms with van der Waals surface area (Å²) in [6.45, 7) is 8.40. The van der Waals surface area contributed by atoms with Gasteiger partial charge in [0.1, 0.15) is 11.4 Å². The van der Waals surface area contributed by atoms with Crippen molar-refractivity contribution >= 4 is 23.7 Å². The molecule has 2 fully saturated rings. The van der Waals surface area contributed by atoms with E-state index >= 15 is 0 Å². The summed E-state index contributed by atoms with van der Waals surface area (Å²) >= 11 is 0. The van der Waals surface area contributed by atoms with Crippen molar-refractivity contribution in [3.8, 4) is 5.75 Å². The van der Waals surface area contributed by atoms with Gasteiger partial charge in [0.05, 0.1) is 30.8 Å². The predicted molar refractivity (Wildman–Crippen MR) is 145 cm³/mol. The molecule has 1 aromatic carbocycles. The van der Waals surface area contributed by atoms with Crippen molar-refractivity contribution in [2.45, 2.75) is 58.2 Å². The number of aromatic nitrogens is 2. The van der Waals surface area contributed by atoms with Gasteiger partial charge in [-0.15, -0.1) is 0 Å². The quantitative estimate of drug-likeness (QED) is 0.177. The summed E-state index contributed by atoms with van der Waals surface area (Å²) in [4.78, 5) is 28.7. The fraction of sp³-hybridized carbons (Fsp3) is 0.519. The topological polar surface area (TPSA) is 139 Å². The first-order valence-electron chi connectivity index (χ1n) is 13.3. The summed E-state index contributed by atoms with van der Waals surface area (Å²) in [5.41, 5.74) is 4.93. The first-order valence-corrected chi connectivity index (χ1v) is 13.3. The minimum Gasteiger partial charge on any atom is -0.487 e. The largest absolute Gasteiger partial charge is 0.487 e. The minimum absolute atomic E-state index is 0.0395. The number of hydrogen-bond donors (Lipinski definition) is 2. The van der Waals surface area contributed by atoms with Gasteiger partial charge < -0.3 is 30.2 Å². The third kappa shape index (κ3) is 7.35. The lowest BCUT2D eigenvalue weighted by atomic mass is 9.92. The Morgan fingerprint density at radius 2 is 1.76 bits per heavy atom. The molecular weight excluding hydrogens is 543 g/mol. The van der Waals surface area contributed by atoms with Crippen LogP contribution in [0.4, 0.5) is 23.9 Å². The highest BCUT2D eigenvalue weighted by atomic mass is 19.2. The highest BCUT2D eigenvalue weighted by molar-refractivity contribution is 6.03. The van der Waals surface area contributed by atoms with Gasteiger partial charge in [0.2, 0.25) is 11.9 Å². The molecule has 0 bridgehead atoms. The van der Waals surface area contributed by atoms with Crippen molar-refractivity contribution in [2.75, 3.05) is 31.1 Å². The van der Waals surface area contributed by atoms with E-state index in [0.717, 1.165) is 18.9 Å². The number of anilines is 1. The molecule has 0 radical (unpaired) electrons. The van der Waals surface area contributed by atoms with Crippen LogP contribution in [0.25, 0.3) is 0 Å². The maximum Gasteiger partial charge on any atom is 0.434 e. The maximum atomic E-state index is 14.7. The molecule has 1 aromatic heterocycles. The molecular formula is C27H34F3N7O4. The molecule has 41 heavy (non-hydrogen) atoms. The average molecular weight is 578 g/mol. The number of guanidine groups is 1. The molecule has 4 rings (SSSR count). The summed E-state index contributed by atoms with van der Waals surface area (Å²) in [5.74, 6) is -3.29. The Labute approximate surface area is 235 Å². The molecule has 2 aliphatic rings. The van der Waals surface area contributed by atoms with Crippen molar-refractivity contribution < 1.29 is 32.6 Å². The van der Waals surface area contributed by atoms with Crippen molar-refractivity contribution in [1.29, 1.82) is 0 Å². The number of oxime groups is 1. The van der Waals surface area contributed by atoms with E-state index in [1.807, 2.05) is 6.92 Å². The van der Waals surface area contributed by atoms with Crippen LogP contribution in [-0.2, 0) is 4.74 Å². The number of ether oxygens (including phenoxy) is 2. The van der Waals surface area contributed by atoms with Gasteiger partial charge in [-0.3, -0.25) is 0 Å².